The first-order chi connectivity index (χ1) is 8.65. The lowest BCUT2D eigenvalue weighted by atomic mass is 10.1. The molecule has 7 heteroatoms. The molecule has 3 N–H and O–H groups in total. The maximum atomic E-state index is 11.4. The van der Waals surface area contributed by atoms with E-state index in [2.05, 4.69) is 15.4 Å². The first kappa shape index (κ1) is 11.2. The van der Waals surface area contributed by atoms with Crippen molar-refractivity contribution in [1.82, 2.24) is 14.8 Å². The quantitative estimate of drug-likeness (QED) is 0.839. The Morgan fingerprint density at radius 2 is 2.33 bits per heavy atom. The molecule has 0 saturated carbocycles. The zero-order valence-electron chi connectivity index (χ0n) is 9.62. The molecule has 0 aliphatic carbocycles. The number of amides is 1. The van der Waals surface area contributed by atoms with Gasteiger partial charge in [0, 0.05) is 23.2 Å². The molecule has 18 heavy (non-hydrogen) atoms. The van der Waals surface area contributed by atoms with Crippen molar-refractivity contribution in [2.75, 3.05) is 5.32 Å². The molecule has 1 aromatic carbocycles. The molecule has 1 aromatic heterocycles. The van der Waals surface area contributed by atoms with Gasteiger partial charge in [-0.1, -0.05) is 17.8 Å². The maximum absolute atomic E-state index is 11.4. The van der Waals surface area contributed by atoms with Gasteiger partial charge in [0.2, 0.25) is 5.91 Å². The van der Waals surface area contributed by atoms with Gasteiger partial charge in [-0.25, -0.2) is 9.67 Å². The van der Waals surface area contributed by atoms with Crippen molar-refractivity contribution in [2.45, 2.75) is 16.1 Å². The minimum Gasteiger partial charge on any atom is -0.324 e. The lowest BCUT2D eigenvalue weighted by Gasteiger charge is -2.04. The average Bonchev–Trinajstić information content (AvgIpc) is 2.86. The summed E-state index contributed by atoms with van der Waals surface area (Å²) in [6.07, 6.45) is 1.51. The molecule has 92 valence electrons. The maximum Gasteiger partial charge on any atom is 0.245 e. The third-order valence-corrected chi connectivity index (χ3v) is 3.82. The fourth-order valence-electron chi connectivity index (χ4n) is 1.81. The van der Waals surface area contributed by atoms with Crippen LogP contribution in [0.3, 0.4) is 0 Å². The molecule has 1 unspecified atom stereocenters. The van der Waals surface area contributed by atoms with Gasteiger partial charge in [0.25, 0.3) is 0 Å². The molecule has 0 fully saturated rings. The minimum absolute atomic E-state index is 0.161. The molecule has 3 rings (SSSR count). The van der Waals surface area contributed by atoms with Crippen molar-refractivity contribution in [3.63, 3.8) is 0 Å². The third kappa shape index (κ3) is 1.77. The second kappa shape index (κ2) is 4.11. The van der Waals surface area contributed by atoms with Crippen LogP contribution < -0.4 is 11.1 Å². The molecular formula is C11H11N5OS. The van der Waals surface area contributed by atoms with Gasteiger partial charge >= 0.3 is 0 Å². The largest absolute Gasteiger partial charge is 0.324 e. The molecule has 0 spiro atoms. The number of nitrogens with two attached hydrogens (primary N) is 1. The van der Waals surface area contributed by atoms with E-state index in [0.717, 1.165) is 21.3 Å². The summed E-state index contributed by atoms with van der Waals surface area (Å²) in [5, 5.41) is 7.56. The van der Waals surface area contributed by atoms with Gasteiger partial charge < -0.3 is 11.1 Å². The minimum atomic E-state index is -0.561. The first-order valence-corrected chi connectivity index (χ1v) is 6.19. The molecule has 1 aliphatic rings. The molecule has 2 heterocycles. The Kier molecular flexibility index (Phi) is 2.57. The molecule has 6 nitrogen and oxygen atoms in total. The van der Waals surface area contributed by atoms with Crippen molar-refractivity contribution in [3.8, 4) is 0 Å². The Labute approximate surface area is 108 Å². The van der Waals surface area contributed by atoms with Gasteiger partial charge in [0.15, 0.2) is 5.16 Å². The second-order valence-electron chi connectivity index (χ2n) is 3.98. The van der Waals surface area contributed by atoms with Crippen LogP contribution in [0.25, 0.3) is 0 Å². The monoisotopic (exact) mass is 261 g/mol. The summed E-state index contributed by atoms with van der Waals surface area (Å²) in [4.78, 5) is 16.6. The van der Waals surface area contributed by atoms with Gasteiger partial charge in [0.1, 0.15) is 12.4 Å². The number of fused-ring (bicyclic) bond motifs is 1. The zero-order chi connectivity index (χ0) is 12.7. The van der Waals surface area contributed by atoms with Crippen molar-refractivity contribution in [2.24, 2.45) is 12.8 Å². The summed E-state index contributed by atoms with van der Waals surface area (Å²) < 4.78 is 1.70. The highest BCUT2D eigenvalue weighted by molar-refractivity contribution is 7.99. The number of benzene rings is 1. The van der Waals surface area contributed by atoms with Gasteiger partial charge in [-0.3, -0.25) is 4.79 Å². The normalized spacial score (nSPS) is 17.7. The van der Waals surface area contributed by atoms with Crippen molar-refractivity contribution >= 4 is 23.4 Å². The van der Waals surface area contributed by atoms with E-state index in [0.29, 0.717) is 0 Å². The topological polar surface area (TPSA) is 85.8 Å². The van der Waals surface area contributed by atoms with E-state index in [1.165, 1.54) is 18.1 Å². The molecule has 2 aromatic rings. The first-order valence-electron chi connectivity index (χ1n) is 5.37. The van der Waals surface area contributed by atoms with Crippen molar-refractivity contribution < 1.29 is 4.79 Å². The Bertz CT molecular complexity index is 624. The Morgan fingerprint density at radius 3 is 3.06 bits per heavy atom. The Hall–Kier alpha value is -1.86. The van der Waals surface area contributed by atoms with Crippen molar-refractivity contribution in [3.05, 3.63) is 30.1 Å². The number of carbonyl (C=O) groups excluding carboxylic acids is 1. The van der Waals surface area contributed by atoms with E-state index >= 15 is 0 Å². The van der Waals surface area contributed by atoms with E-state index in [-0.39, 0.29) is 5.91 Å². The number of hydrogen-bond acceptors (Lipinski definition) is 5. The third-order valence-electron chi connectivity index (χ3n) is 2.78. The Balaban J connectivity index is 1.91. The SMILES string of the molecule is Cn1ncnc1Sc1ccc2c(c1)NC(=O)C2N. The number of hydrogen-bond donors (Lipinski definition) is 2. The fourth-order valence-corrected chi connectivity index (χ4v) is 2.62. The van der Waals surface area contributed by atoms with Crippen LogP contribution in [-0.2, 0) is 11.8 Å². The average molecular weight is 261 g/mol. The summed E-state index contributed by atoms with van der Waals surface area (Å²) in [5.41, 5.74) is 7.37. The summed E-state index contributed by atoms with van der Waals surface area (Å²) in [5.74, 6) is -0.161. The lowest BCUT2D eigenvalue weighted by Crippen LogP contribution is -2.19. The number of nitrogens with zero attached hydrogens (tertiary/aromatic N) is 3. The summed E-state index contributed by atoms with van der Waals surface area (Å²) in [6, 6.07) is 5.14. The number of aryl methyl sites for hydroxylation is 1. The molecule has 0 radical (unpaired) electrons. The lowest BCUT2D eigenvalue weighted by molar-refractivity contribution is -0.116. The van der Waals surface area contributed by atoms with Gasteiger partial charge in [-0.2, -0.15) is 5.10 Å². The van der Waals surface area contributed by atoms with E-state index in [1.54, 1.807) is 4.68 Å². The standard InChI is InChI=1S/C11H11N5OS/c1-16-11(13-5-14-16)18-6-2-3-7-8(4-6)15-10(17)9(7)12/h2-5,9H,12H2,1H3,(H,15,17). The number of carbonyl (C=O) groups is 1. The van der Waals surface area contributed by atoms with Crippen LogP contribution in [0, 0.1) is 0 Å². The molecule has 0 bridgehead atoms. The summed E-state index contributed by atoms with van der Waals surface area (Å²) in [6.45, 7) is 0. The molecular weight excluding hydrogens is 250 g/mol. The van der Waals surface area contributed by atoms with E-state index in [1.807, 2.05) is 25.2 Å². The predicted octanol–water partition coefficient (Wildman–Crippen LogP) is 0.918. The molecule has 0 saturated heterocycles. The van der Waals surface area contributed by atoms with Gasteiger partial charge in [-0.05, 0) is 12.1 Å². The molecule has 1 atom stereocenters. The van der Waals surface area contributed by atoms with Crippen LogP contribution in [0.15, 0.2) is 34.6 Å². The van der Waals surface area contributed by atoms with E-state index in [9.17, 15) is 4.79 Å². The van der Waals surface area contributed by atoms with Crippen LogP contribution in [0.5, 0.6) is 0 Å². The highest BCUT2D eigenvalue weighted by atomic mass is 32.2. The van der Waals surface area contributed by atoms with Gasteiger partial charge in [0.05, 0.1) is 0 Å². The van der Waals surface area contributed by atoms with E-state index in [4.69, 9.17) is 5.73 Å². The van der Waals surface area contributed by atoms with Crippen LogP contribution >= 0.6 is 11.8 Å². The predicted molar refractivity (Wildman–Crippen MR) is 67.1 cm³/mol. The highest BCUT2D eigenvalue weighted by Crippen LogP contribution is 2.34. The zero-order valence-corrected chi connectivity index (χ0v) is 10.4. The smallest absolute Gasteiger partial charge is 0.245 e. The fraction of sp³-hybridized carbons (Fsp3) is 0.182. The van der Waals surface area contributed by atoms with Gasteiger partial charge in [-0.15, -0.1) is 0 Å². The Morgan fingerprint density at radius 1 is 1.50 bits per heavy atom. The number of aromatic nitrogens is 3. The number of anilines is 1. The molecule has 1 amide bonds. The van der Waals surface area contributed by atoms with Crippen LogP contribution in [0.2, 0.25) is 0 Å². The summed E-state index contributed by atoms with van der Waals surface area (Å²) >= 11 is 1.49. The van der Waals surface area contributed by atoms with Crippen LogP contribution in [0.4, 0.5) is 5.69 Å². The van der Waals surface area contributed by atoms with Crippen molar-refractivity contribution in [1.29, 1.82) is 0 Å². The highest BCUT2D eigenvalue weighted by Gasteiger charge is 2.27. The second-order valence-corrected chi connectivity index (χ2v) is 5.02. The molecule has 1 aliphatic heterocycles. The van der Waals surface area contributed by atoms with Crippen LogP contribution in [0.1, 0.15) is 11.6 Å². The number of nitrogens with one attached hydrogen (secondary N) is 1. The summed E-state index contributed by atoms with van der Waals surface area (Å²) in [7, 11) is 1.83. The van der Waals surface area contributed by atoms with Crippen LogP contribution in [-0.4, -0.2) is 20.7 Å². The number of rotatable bonds is 2. The van der Waals surface area contributed by atoms with E-state index < -0.39 is 6.04 Å².